The fourth-order valence-corrected chi connectivity index (χ4v) is 2.91. The third kappa shape index (κ3) is 3.95. The average Bonchev–Trinajstić information content (AvgIpc) is 2.38. The number of nitrogens with zero attached hydrogens (tertiary/aromatic N) is 2. The minimum atomic E-state index is -0.0453. The van der Waals surface area contributed by atoms with Gasteiger partial charge in [0.05, 0.1) is 6.54 Å². The van der Waals surface area contributed by atoms with Gasteiger partial charge in [-0.05, 0) is 31.6 Å². The average molecular weight is 283 g/mol. The Morgan fingerprint density at radius 2 is 1.75 bits per heavy atom. The predicted molar refractivity (Wildman–Crippen MR) is 80.0 cm³/mol. The Morgan fingerprint density at radius 3 is 2.25 bits per heavy atom. The van der Waals surface area contributed by atoms with Gasteiger partial charge in [0.2, 0.25) is 11.8 Å². The van der Waals surface area contributed by atoms with Crippen molar-refractivity contribution in [2.75, 3.05) is 27.2 Å². The van der Waals surface area contributed by atoms with Gasteiger partial charge in [0.1, 0.15) is 0 Å². The molecule has 4 atom stereocenters. The largest absolute Gasteiger partial charge is 0.347 e. The molecule has 0 aromatic heterocycles. The number of nitrogens with two attached hydrogens (primary N) is 1. The molecule has 1 aliphatic carbocycles. The van der Waals surface area contributed by atoms with Crippen LogP contribution in [0, 0.1) is 17.8 Å². The molecule has 0 aliphatic heterocycles. The van der Waals surface area contributed by atoms with Crippen LogP contribution in [0.2, 0.25) is 0 Å². The Balaban J connectivity index is 2.73. The Hall–Kier alpha value is -1.10. The minimum absolute atomic E-state index is 0.0404. The van der Waals surface area contributed by atoms with Crippen molar-refractivity contribution in [1.82, 2.24) is 9.80 Å². The van der Waals surface area contributed by atoms with E-state index < -0.39 is 0 Å². The highest BCUT2D eigenvalue weighted by Gasteiger charge is 2.37. The van der Waals surface area contributed by atoms with Crippen molar-refractivity contribution in [2.45, 2.75) is 39.7 Å². The van der Waals surface area contributed by atoms with E-state index in [4.69, 9.17) is 5.73 Å². The van der Waals surface area contributed by atoms with Gasteiger partial charge < -0.3 is 15.5 Å². The number of amides is 2. The molecule has 0 saturated heterocycles. The number of carbonyl (C=O) groups is 2. The first-order valence-electron chi connectivity index (χ1n) is 7.52. The fourth-order valence-electron chi connectivity index (χ4n) is 2.91. The van der Waals surface area contributed by atoms with E-state index in [2.05, 4.69) is 13.8 Å². The molecule has 2 N–H and O–H groups in total. The Morgan fingerprint density at radius 1 is 1.15 bits per heavy atom. The van der Waals surface area contributed by atoms with Crippen molar-refractivity contribution in [3.05, 3.63) is 0 Å². The maximum absolute atomic E-state index is 12.6. The normalized spacial score (nSPS) is 29.9. The smallest absolute Gasteiger partial charge is 0.241 e. The van der Waals surface area contributed by atoms with Crippen molar-refractivity contribution in [3.63, 3.8) is 0 Å². The number of likely N-dealkylation sites (N-methyl/N-ethyl adjacent to an activating group) is 2. The van der Waals surface area contributed by atoms with Crippen molar-refractivity contribution < 1.29 is 9.59 Å². The molecule has 5 nitrogen and oxygen atoms in total. The van der Waals surface area contributed by atoms with Crippen molar-refractivity contribution in [3.8, 4) is 0 Å². The number of rotatable bonds is 4. The molecule has 0 aromatic rings. The summed E-state index contributed by atoms with van der Waals surface area (Å²) in [5, 5.41) is 0. The fraction of sp³-hybridized carbons (Fsp3) is 0.867. The maximum Gasteiger partial charge on any atom is 0.241 e. The topological polar surface area (TPSA) is 66.6 Å². The summed E-state index contributed by atoms with van der Waals surface area (Å²) in [5.41, 5.74) is 6.11. The van der Waals surface area contributed by atoms with Crippen LogP contribution in [0.5, 0.6) is 0 Å². The van der Waals surface area contributed by atoms with Gasteiger partial charge >= 0.3 is 0 Å². The summed E-state index contributed by atoms with van der Waals surface area (Å²) < 4.78 is 0. The van der Waals surface area contributed by atoms with Gasteiger partial charge in [-0.3, -0.25) is 9.59 Å². The van der Waals surface area contributed by atoms with E-state index >= 15 is 0 Å². The van der Waals surface area contributed by atoms with Crippen molar-refractivity contribution in [2.24, 2.45) is 23.5 Å². The van der Waals surface area contributed by atoms with Gasteiger partial charge in [0.25, 0.3) is 0 Å². The number of carbonyl (C=O) groups excluding carboxylic acids is 2. The second kappa shape index (κ2) is 7.07. The molecule has 2 amide bonds. The SMILES string of the molecule is CCN(CC(=O)N(C)C)C(=O)C1CC(N)C(C)CC1C. The zero-order valence-corrected chi connectivity index (χ0v) is 13.4. The molecule has 1 fully saturated rings. The third-order valence-corrected chi connectivity index (χ3v) is 4.52. The summed E-state index contributed by atoms with van der Waals surface area (Å²) in [6.45, 7) is 6.90. The lowest BCUT2D eigenvalue weighted by Crippen LogP contribution is -2.48. The lowest BCUT2D eigenvalue weighted by molar-refractivity contribution is -0.144. The molecule has 0 spiro atoms. The molecule has 1 rings (SSSR count). The van der Waals surface area contributed by atoms with Gasteiger partial charge in [-0.1, -0.05) is 13.8 Å². The molecule has 20 heavy (non-hydrogen) atoms. The van der Waals surface area contributed by atoms with Crippen LogP contribution in [0.1, 0.15) is 33.6 Å². The highest BCUT2D eigenvalue weighted by Crippen LogP contribution is 2.34. The Kier molecular flexibility index (Phi) is 5.99. The van der Waals surface area contributed by atoms with Crippen LogP contribution in [-0.4, -0.2) is 54.8 Å². The van der Waals surface area contributed by atoms with E-state index in [0.717, 1.165) is 12.8 Å². The lowest BCUT2D eigenvalue weighted by atomic mass is 9.72. The lowest BCUT2D eigenvalue weighted by Gasteiger charge is -2.38. The van der Waals surface area contributed by atoms with E-state index in [0.29, 0.717) is 18.4 Å². The Bertz CT molecular complexity index is 357. The third-order valence-electron chi connectivity index (χ3n) is 4.52. The van der Waals surface area contributed by atoms with Gasteiger partial charge in [0, 0.05) is 32.6 Å². The molecule has 1 saturated carbocycles. The number of hydrogen-bond acceptors (Lipinski definition) is 3. The summed E-state index contributed by atoms with van der Waals surface area (Å²) in [5.74, 6) is 0.795. The summed E-state index contributed by atoms with van der Waals surface area (Å²) in [6.07, 6.45) is 1.71. The zero-order valence-electron chi connectivity index (χ0n) is 13.4. The molecule has 1 aliphatic rings. The van der Waals surface area contributed by atoms with Gasteiger partial charge in [0.15, 0.2) is 0 Å². The zero-order chi connectivity index (χ0) is 15.4. The van der Waals surface area contributed by atoms with Gasteiger partial charge in [-0.2, -0.15) is 0 Å². The quantitative estimate of drug-likeness (QED) is 0.835. The molecule has 0 bridgehead atoms. The molecule has 0 heterocycles. The first-order chi connectivity index (χ1) is 9.27. The first-order valence-corrected chi connectivity index (χ1v) is 7.52. The van der Waals surface area contributed by atoms with Crippen molar-refractivity contribution >= 4 is 11.8 Å². The second-order valence-electron chi connectivity index (χ2n) is 6.34. The second-order valence-corrected chi connectivity index (χ2v) is 6.34. The van der Waals surface area contributed by atoms with E-state index in [1.807, 2.05) is 6.92 Å². The maximum atomic E-state index is 12.6. The van der Waals surface area contributed by atoms with Crippen LogP contribution in [0.25, 0.3) is 0 Å². The highest BCUT2D eigenvalue weighted by atomic mass is 16.2. The van der Waals surface area contributed by atoms with Gasteiger partial charge in [-0.25, -0.2) is 0 Å². The van der Waals surface area contributed by atoms with Crippen LogP contribution < -0.4 is 5.73 Å². The van der Waals surface area contributed by atoms with Crippen LogP contribution >= 0.6 is 0 Å². The molecule has 116 valence electrons. The highest BCUT2D eigenvalue weighted by molar-refractivity contribution is 5.86. The standard InChI is InChI=1S/C15H29N3O2/c1-6-18(9-14(19)17(4)5)15(20)12-8-13(16)11(3)7-10(12)2/h10-13H,6-9,16H2,1-5H3. The molecular weight excluding hydrogens is 254 g/mol. The molecule has 5 heteroatoms. The van der Waals surface area contributed by atoms with Crippen LogP contribution in [-0.2, 0) is 9.59 Å². The minimum Gasteiger partial charge on any atom is -0.347 e. The summed E-state index contributed by atoms with van der Waals surface area (Å²) >= 11 is 0. The van der Waals surface area contributed by atoms with E-state index in [1.54, 1.807) is 19.0 Å². The molecule has 4 unspecified atom stereocenters. The number of hydrogen-bond donors (Lipinski definition) is 1. The van der Waals surface area contributed by atoms with E-state index in [9.17, 15) is 9.59 Å². The summed E-state index contributed by atoms with van der Waals surface area (Å²) in [4.78, 5) is 27.6. The summed E-state index contributed by atoms with van der Waals surface area (Å²) in [7, 11) is 3.42. The summed E-state index contributed by atoms with van der Waals surface area (Å²) in [6, 6.07) is 0.0865. The molecule has 0 aromatic carbocycles. The Labute approximate surface area is 122 Å². The van der Waals surface area contributed by atoms with Crippen molar-refractivity contribution in [1.29, 1.82) is 0 Å². The van der Waals surface area contributed by atoms with Crippen LogP contribution in [0.15, 0.2) is 0 Å². The van der Waals surface area contributed by atoms with Gasteiger partial charge in [-0.15, -0.1) is 0 Å². The molecule has 0 radical (unpaired) electrons. The first kappa shape index (κ1) is 17.0. The van der Waals surface area contributed by atoms with Crippen LogP contribution in [0.4, 0.5) is 0 Å². The molecular formula is C15H29N3O2. The van der Waals surface area contributed by atoms with E-state index in [1.165, 1.54) is 4.90 Å². The van der Waals surface area contributed by atoms with Crippen LogP contribution in [0.3, 0.4) is 0 Å². The van der Waals surface area contributed by atoms with E-state index in [-0.39, 0.29) is 30.3 Å². The predicted octanol–water partition coefficient (Wildman–Crippen LogP) is 0.933. The monoisotopic (exact) mass is 283 g/mol.